The Balaban J connectivity index is 2.08. The molecule has 0 aliphatic carbocycles. The molecular formula is C16H18N4O. The van der Waals surface area contributed by atoms with E-state index >= 15 is 0 Å². The summed E-state index contributed by atoms with van der Waals surface area (Å²) in [6.07, 6.45) is 0.952. The molecule has 5 heteroatoms. The average Bonchev–Trinajstić information content (AvgIpc) is 3.05. The predicted molar refractivity (Wildman–Crippen MR) is 80.3 cm³/mol. The highest BCUT2D eigenvalue weighted by molar-refractivity contribution is 5.37. The Hall–Kier alpha value is -2.40. The summed E-state index contributed by atoms with van der Waals surface area (Å²) in [7, 11) is 1.88. The molecule has 0 saturated carbocycles. The quantitative estimate of drug-likeness (QED) is 0.802. The molecule has 0 amide bonds. The van der Waals surface area contributed by atoms with Gasteiger partial charge >= 0.3 is 0 Å². The van der Waals surface area contributed by atoms with Crippen molar-refractivity contribution in [3.63, 3.8) is 0 Å². The molecular weight excluding hydrogens is 264 g/mol. The maximum absolute atomic E-state index is 10.8. The van der Waals surface area contributed by atoms with Crippen molar-refractivity contribution in [1.29, 1.82) is 0 Å². The lowest BCUT2D eigenvalue weighted by Gasteiger charge is -2.14. The fraction of sp³-hybridized carbons (Fsp3) is 0.250. The van der Waals surface area contributed by atoms with Crippen molar-refractivity contribution in [3.05, 3.63) is 65.2 Å². The lowest BCUT2D eigenvalue weighted by Crippen LogP contribution is -2.10. The van der Waals surface area contributed by atoms with Gasteiger partial charge in [-0.15, -0.1) is 0 Å². The summed E-state index contributed by atoms with van der Waals surface area (Å²) in [6, 6.07) is 11.6. The lowest BCUT2D eigenvalue weighted by molar-refractivity contribution is 0.210. The Morgan fingerprint density at radius 3 is 2.43 bits per heavy atom. The summed E-state index contributed by atoms with van der Waals surface area (Å²) in [5.74, 6) is 0. The highest BCUT2D eigenvalue weighted by Crippen LogP contribution is 2.28. The van der Waals surface area contributed by atoms with Crippen LogP contribution in [0.25, 0.3) is 5.69 Å². The van der Waals surface area contributed by atoms with Crippen LogP contribution in [-0.4, -0.2) is 24.7 Å². The normalized spacial score (nSPS) is 12.6. The molecule has 1 N–H and O–H groups in total. The van der Waals surface area contributed by atoms with Crippen molar-refractivity contribution in [2.24, 2.45) is 7.05 Å². The third-order valence-electron chi connectivity index (χ3n) is 3.79. The van der Waals surface area contributed by atoms with Gasteiger partial charge in [0.05, 0.1) is 17.1 Å². The summed E-state index contributed by atoms with van der Waals surface area (Å²) in [6.45, 7) is 3.87. The smallest absolute Gasteiger partial charge is 0.125 e. The van der Waals surface area contributed by atoms with Crippen molar-refractivity contribution in [2.45, 2.75) is 20.0 Å². The van der Waals surface area contributed by atoms with Crippen LogP contribution in [0, 0.1) is 13.8 Å². The van der Waals surface area contributed by atoms with Gasteiger partial charge in [-0.05, 0) is 32.0 Å². The molecule has 21 heavy (non-hydrogen) atoms. The molecule has 0 radical (unpaired) electrons. The second kappa shape index (κ2) is 5.18. The van der Waals surface area contributed by atoms with E-state index in [9.17, 15) is 5.11 Å². The highest BCUT2D eigenvalue weighted by Gasteiger charge is 2.23. The van der Waals surface area contributed by atoms with Crippen LogP contribution < -0.4 is 0 Å². The Morgan fingerprint density at radius 2 is 1.81 bits per heavy atom. The van der Waals surface area contributed by atoms with E-state index in [0.717, 1.165) is 28.3 Å². The molecule has 3 aromatic rings. The van der Waals surface area contributed by atoms with Gasteiger partial charge in [-0.25, -0.2) is 4.68 Å². The van der Waals surface area contributed by atoms with Crippen LogP contribution in [0.5, 0.6) is 0 Å². The highest BCUT2D eigenvalue weighted by atomic mass is 16.3. The molecule has 1 aromatic carbocycles. The zero-order chi connectivity index (χ0) is 15.0. The first kappa shape index (κ1) is 13.6. The zero-order valence-electron chi connectivity index (χ0n) is 12.4. The van der Waals surface area contributed by atoms with Crippen LogP contribution in [0.4, 0.5) is 0 Å². The monoisotopic (exact) mass is 282 g/mol. The minimum atomic E-state index is -0.749. The van der Waals surface area contributed by atoms with Crippen molar-refractivity contribution < 1.29 is 5.11 Å². The number of aryl methyl sites for hydroxylation is 2. The van der Waals surface area contributed by atoms with Crippen LogP contribution in [0.1, 0.15) is 28.7 Å². The lowest BCUT2D eigenvalue weighted by atomic mass is 10.0. The second-order valence-electron chi connectivity index (χ2n) is 5.11. The Morgan fingerprint density at radius 1 is 1.10 bits per heavy atom. The fourth-order valence-electron chi connectivity index (χ4n) is 2.64. The van der Waals surface area contributed by atoms with E-state index in [1.807, 2.05) is 57.3 Å². The van der Waals surface area contributed by atoms with Gasteiger partial charge in [0.15, 0.2) is 0 Å². The topological polar surface area (TPSA) is 55.9 Å². The molecule has 0 fully saturated rings. The SMILES string of the molecule is Cc1nn(C)c(C)c1C(O)c1ccnn1-c1ccccc1. The van der Waals surface area contributed by atoms with Gasteiger partial charge in [0.2, 0.25) is 0 Å². The third kappa shape index (κ3) is 2.25. The van der Waals surface area contributed by atoms with Gasteiger partial charge in [-0.3, -0.25) is 4.68 Å². The molecule has 1 atom stereocenters. The molecule has 0 saturated heterocycles. The largest absolute Gasteiger partial charge is 0.382 e. The summed E-state index contributed by atoms with van der Waals surface area (Å²) in [4.78, 5) is 0. The summed E-state index contributed by atoms with van der Waals surface area (Å²) >= 11 is 0. The number of hydrogen-bond donors (Lipinski definition) is 1. The molecule has 0 spiro atoms. The molecule has 3 rings (SSSR count). The van der Waals surface area contributed by atoms with Crippen LogP contribution >= 0.6 is 0 Å². The van der Waals surface area contributed by atoms with Crippen molar-refractivity contribution in [3.8, 4) is 5.69 Å². The minimum Gasteiger partial charge on any atom is -0.382 e. The number of para-hydroxylation sites is 1. The minimum absolute atomic E-state index is 0.736. The van der Waals surface area contributed by atoms with Crippen LogP contribution in [0.3, 0.4) is 0 Å². The Kier molecular flexibility index (Phi) is 3.35. The van der Waals surface area contributed by atoms with E-state index in [1.54, 1.807) is 15.6 Å². The van der Waals surface area contributed by atoms with E-state index in [2.05, 4.69) is 10.2 Å². The first-order valence-electron chi connectivity index (χ1n) is 6.87. The first-order chi connectivity index (χ1) is 10.1. The standard InChI is InChI=1S/C16H18N4O/c1-11-15(12(2)19(3)18-11)16(21)14-9-10-17-20(14)13-7-5-4-6-8-13/h4-10,16,21H,1-3H3. The van der Waals surface area contributed by atoms with Gasteiger partial charge in [0.25, 0.3) is 0 Å². The Bertz CT molecular complexity index is 758. The molecule has 0 bridgehead atoms. The molecule has 2 heterocycles. The predicted octanol–water partition coefficient (Wildman–Crippen LogP) is 2.30. The van der Waals surface area contributed by atoms with Crippen molar-refractivity contribution in [2.75, 3.05) is 0 Å². The fourth-order valence-corrected chi connectivity index (χ4v) is 2.64. The van der Waals surface area contributed by atoms with Gasteiger partial charge < -0.3 is 5.11 Å². The second-order valence-corrected chi connectivity index (χ2v) is 5.11. The van der Waals surface area contributed by atoms with Crippen molar-refractivity contribution in [1.82, 2.24) is 19.6 Å². The number of nitrogens with zero attached hydrogens (tertiary/aromatic N) is 4. The maximum Gasteiger partial charge on any atom is 0.125 e. The molecule has 0 aliphatic rings. The van der Waals surface area contributed by atoms with E-state index in [-0.39, 0.29) is 0 Å². The summed E-state index contributed by atoms with van der Waals surface area (Å²) < 4.78 is 3.55. The molecule has 5 nitrogen and oxygen atoms in total. The Labute approximate surface area is 123 Å². The first-order valence-corrected chi connectivity index (χ1v) is 6.87. The van der Waals surface area contributed by atoms with E-state index in [4.69, 9.17) is 0 Å². The molecule has 2 aromatic heterocycles. The molecule has 108 valence electrons. The number of rotatable bonds is 3. The summed E-state index contributed by atoms with van der Waals surface area (Å²) in [5.41, 5.74) is 4.30. The summed E-state index contributed by atoms with van der Waals surface area (Å²) in [5, 5.41) is 19.5. The van der Waals surface area contributed by atoms with E-state index in [1.165, 1.54) is 0 Å². The number of aliphatic hydroxyl groups is 1. The van der Waals surface area contributed by atoms with Crippen LogP contribution in [0.15, 0.2) is 42.6 Å². The number of hydrogen-bond acceptors (Lipinski definition) is 3. The van der Waals surface area contributed by atoms with E-state index < -0.39 is 6.10 Å². The van der Waals surface area contributed by atoms with Crippen LogP contribution in [0.2, 0.25) is 0 Å². The average molecular weight is 282 g/mol. The van der Waals surface area contributed by atoms with Crippen molar-refractivity contribution >= 4 is 0 Å². The zero-order valence-corrected chi connectivity index (χ0v) is 12.4. The van der Waals surface area contributed by atoms with Gasteiger partial charge in [-0.2, -0.15) is 10.2 Å². The number of aromatic nitrogens is 4. The number of aliphatic hydroxyl groups excluding tert-OH is 1. The van der Waals surface area contributed by atoms with Gasteiger partial charge in [0.1, 0.15) is 6.10 Å². The van der Waals surface area contributed by atoms with Gasteiger partial charge in [-0.1, -0.05) is 18.2 Å². The molecule has 1 unspecified atom stereocenters. The van der Waals surface area contributed by atoms with E-state index in [0.29, 0.717) is 0 Å². The maximum atomic E-state index is 10.8. The molecule has 0 aliphatic heterocycles. The van der Waals surface area contributed by atoms with Gasteiger partial charge in [0, 0.05) is 24.5 Å². The van der Waals surface area contributed by atoms with Crippen LogP contribution in [-0.2, 0) is 7.05 Å². The third-order valence-corrected chi connectivity index (χ3v) is 3.79. The number of benzene rings is 1.